The van der Waals surface area contributed by atoms with Crippen LogP contribution < -0.4 is 10.1 Å². The lowest BCUT2D eigenvalue weighted by Gasteiger charge is -2.13. The molecule has 5 nitrogen and oxygen atoms in total. The SMILES string of the molecule is C[C@H](Oc1ccc(F)cc1)C(=O)Nc1nnc(SCc2ccccc2)s1. The first-order chi connectivity index (χ1) is 12.6. The third-order valence-electron chi connectivity index (χ3n) is 3.34. The van der Waals surface area contributed by atoms with Gasteiger partial charge in [-0.3, -0.25) is 10.1 Å². The lowest BCUT2D eigenvalue weighted by Crippen LogP contribution is -2.30. The third kappa shape index (κ3) is 5.27. The quantitative estimate of drug-likeness (QED) is 0.480. The molecule has 1 amide bonds. The van der Waals surface area contributed by atoms with Gasteiger partial charge in [0.1, 0.15) is 11.6 Å². The van der Waals surface area contributed by atoms with E-state index in [4.69, 9.17) is 4.74 Å². The number of nitrogens with one attached hydrogen (secondary N) is 1. The number of ether oxygens (including phenoxy) is 1. The summed E-state index contributed by atoms with van der Waals surface area (Å²) >= 11 is 2.87. The minimum atomic E-state index is -0.746. The van der Waals surface area contributed by atoms with Crippen molar-refractivity contribution >= 4 is 34.1 Å². The molecule has 2 aromatic carbocycles. The molecule has 1 atom stereocenters. The number of hydrogen-bond donors (Lipinski definition) is 1. The fourth-order valence-corrected chi connectivity index (χ4v) is 3.73. The monoisotopic (exact) mass is 389 g/mol. The zero-order valence-electron chi connectivity index (χ0n) is 13.9. The first-order valence-corrected chi connectivity index (χ1v) is 9.63. The van der Waals surface area contributed by atoms with E-state index in [9.17, 15) is 9.18 Å². The summed E-state index contributed by atoms with van der Waals surface area (Å²) < 4.78 is 19.2. The molecule has 0 aliphatic heterocycles. The Morgan fingerprint density at radius 1 is 1.19 bits per heavy atom. The Kier molecular flexibility index (Phi) is 6.19. The van der Waals surface area contributed by atoms with Crippen LogP contribution in [-0.2, 0) is 10.5 Å². The number of rotatable bonds is 7. The summed E-state index contributed by atoms with van der Waals surface area (Å²) in [7, 11) is 0. The summed E-state index contributed by atoms with van der Waals surface area (Å²) in [5.74, 6) is 0.507. The second-order valence-corrected chi connectivity index (χ2v) is 7.55. The molecule has 0 fully saturated rings. The average Bonchev–Trinajstić information content (AvgIpc) is 3.10. The van der Waals surface area contributed by atoms with Crippen molar-refractivity contribution in [2.75, 3.05) is 5.32 Å². The van der Waals surface area contributed by atoms with Gasteiger partial charge in [-0.25, -0.2) is 4.39 Å². The third-order valence-corrected chi connectivity index (χ3v) is 5.38. The van der Waals surface area contributed by atoms with Gasteiger partial charge in [-0.15, -0.1) is 10.2 Å². The Bertz CT molecular complexity index is 856. The van der Waals surface area contributed by atoms with Crippen molar-refractivity contribution < 1.29 is 13.9 Å². The molecule has 134 valence electrons. The van der Waals surface area contributed by atoms with Gasteiger partial charge in [-0.2, -0.15) is 0 Å². The standard InChI is InChI=1S/C18H16FN3O2S2/c1-12(24-15-9-7-14(19)8-10-15)16(23)20-17-21-22-18(26-17)25-11-13-5-3-2-4-6-13/h2-10,12H,11H2,1H3,(H,20,21,23)/t12-/m0/s1. The van der Waals surface area contributed by atoms with E-state index in [1.54, 1.807) is 18.7 Å². The highest BCUT2D eigenvalue weighted by molar-refractivity contribution is 8.00. The van der Waals surface area contributed by atoms with Crippen LogP contribution in [0.15, 0.2) is 58.9 Å². The molecule has 1 N–H and O–H groups in total. The Hall–Kier alpha value is -2.45. The lowest BCUT2D eigenvalue weighted by atomic mass is 10.2. The molecule has 0 saturated heterocycles. The molecule has 8 heteroatoms. The summed E-state index contributed by atoms with van der Waals surface area (Å²) in [6.45, 7) is 1.62. The van der Waals surface area contributed by atoms with Crippen LogP contribution in [0.5, 0.6) is 5.75 Å². The fourth-order valence-electron chi connectivity index (χ4n) is 2.02. The van der Waals surface area contributed by atoms with E-state index < -0.39 is 6.10 Å². The number of thioether (sulfide) groups is 1. The van der Waals surface area contributed by atoms with Crippen molar-refractivity contribution in [3.05, 3.63) is 66.0 Å². The van der Waals surface area contributed by atoms with Crippen LogP contribution in [0.25, 0.3) is 0 Å². The second-order valence-electron chi connectivity index (χ2n) is 5.35. The zero-order chi connectivity index (χ0) is 18.4. The molecule has 0 unspecified atom stereocenters. The van der Waals surface area contributed by atoms with Crippen LogP contribution in [0.4, 0.5) is 9.52 Å². The summed E-state index contributed by atoms with van der Waals surface area (Å²) in [6.07, 6.45) is -0.746. The molecule has 26 heavy (non-hydrogen) atoms. The number of anilines is 1. The number of benzene rings is 2. The molecular formula is C18H16FN3O2S2. The number of hydrogen-bond acceptors (Lipinski definition) is 6. The van der Waals surface area contributed by atoms with E-state index in [0.29, 0.717) is 10.9 Å². The van der Waals surface area contributed by atoms with Gasteiger partial charge in [0.05, 0.1) is 0 Å². The predicted molar refractivity (Wildman–Crippen MR) is 101 cm³/mol. The van der Waals surface area contributed by atoms with Crippen LogP contribution in [0, 0.1) is 5.82 Å². The fraction of sp³-hybridized carbons (Fsp3) is 0.167. The highest BCUT2D eigenvalue weighted by Gasteiger charge is 2.17. The van der Waals surface area contributed by atoms with Crippen molar-refractivity contribution in [2.24, 2.45) is 0 Å². The maximum atomic E-state index is 12.9. The van der Waals surface area contributed by atoms with Crippen molar-refractivity contribution in [1.29, 1.82) is 0 Å². The lowest BCUT2D eigenvalue weighted by molar-refractivity contribution is -0.122. The van der Waals surface area contributed by atoms with Crippen LogP contribution in [0.1, 0.15) is 12.5 Å². The molecule has 0 radical (unpaired) electrons. The van der Waals surface area contributed by atoms with Gasteiger partial charge >= 0.3 is 0 Å². The van der Waals surface area contributed by atoms with Crippen LogP contribution in [-0.4, -0.2) is 22.2 Å². The molecule has 0 aliphatic rings. The van der Waals surface area contributed by atoms with Crippen LogP contribution in [0.3, 0.4) is 0 Å². The largest absolute Gasteiger partial charge is 0.481 e. The smallest absolute Gasteiger partial charge is 0.266 e. The van der Waals surface area contributed by atoms with Crippen molar-refractivity contribution in [3.63, 3.8) is 0 Å². The number of carbonyl (C=O) groups is 1. The van der Waals surface area contributed by atoms with E-state index in [2.05, 4.69) is 15.5 Å². The molecule has 3 aromatic rings. The van der Waals surface area contributed by atoms with Crippen molar-refractivity contribution in [1.82, 2.24) is 10.2 Å². The molecule has 1 aromatic heterocycles. The number of aromatic nitrogens is 2. The summed E-state index contributed by atoms with van der Waals surface area (Å²) in [4.78, 5) is 12.2. The number of carbonyl (C=O) groups excluding carboxylic acids is 1. The molecule has 0 bridgehead atoms. The van der Waals surface area contributed by atoms with E-state index >= 15 is 0 Å². The van der Waals surface area contributed by atoms with Gasteiger partial charge < -0.3 is 4.74 Å². The van der Waals surface area contributed by atoms with Crippen LogP contribution in [0.2, 0.25) is 0 Å². The van der Waals surface area contributed by atoms with Gasteiger partial charge in [-0.05, 0) is 36.8 Å². The topological polar surface area (TPSA) is 64.1 Å². The summed E-state index contributed by atoms with van der Waals surface area (Å²) in [5.41, 5.74) is 1.19. The molecular weight excluding hydrogens is 373 g/mol. The normalized spacial score (nSPS) is 11.8. The summed E-state index contributed by atoms with van der Waals surface area (Å²) in [6, 6.07) is 15.6. The van der Waals surface area contributed by atoms with Gasteiger partial charge in [0.25, 0.3) is 5.91 Å². The molecule has 0 saturated carbocycles. The van der Waals surface area contributed by atoms with E-state index in [1.807, 2.05) is 30.3 Å². The predicted octanol–water partition coefficient (Wildman–Crippen LogP) is 4.38. The van der Waals surface area contributed by atoms with Gasteiger partial charge in [-0.1, -0.05) is 53.4 Å². The molecule has 1 heterocycles. The summed E-state index contributed by atoms with van der Waals surface area (Å²) in [5, 5.41) is 11.2. The Morgan fingerprint density at radius 2 is 1.92 bits per heavy atom. The van der Waals surface area contributed by atoms with Crippen molar-refractivity contribution in [3.8, 4) is 5.75 Å². The molecule has 3 rings (SSSR count). The minimum Gasteiger partial charge on any atom is -0.481 e. The van der Waals surface area contributed by atoms with Gasteiger partial charge in [0.2, 0.25) is 5.13 Å². The Balaban J connectivity index is 1.51. The van der Waals surface area contributed by atoms with Crippen LogP contribution >= 0.6 is 23.1 Å². The molecule has 0 spiro atoms. The van der Waals surface area contributed by atoms with E-state index in [-0.39, 0.29) is 11.7 Å². The van der Waals surface area contributed by atoms with E-state index in [1.165, 1.54) is 41.2 Å². The number of amides is 1. The molecule has 0 aliphatic carbocycles. The first-order valence-electron chi connectivity index (χ1n) is 7.83. The number of nitrogens with zero attached hydrogens (tertiary/aromatic N) is 2. The highest BCUT2D eigenvalue weighted by Crippen LogP contribution is 2.28. The average molecular weight is 389 g/mol. The Morgan fingerprint density at radius 3 is 2.65 bits per heavy atom. The zero-order valence-corrected chi connectivity index (χ0v) is 15.5. The minimum absolute atomic E-state index is 0.343. The van der Waals surface area contributed by atoms with E-state index in [0.717, 1.165) is 10.1 Å². The highest BCUT2D eigenvalue weighted by atomic mass is 32.2. The number of halogens is 1. The maximum Gasteiger partial charge on any atom is 0.266 e. The Labute approximate surface area is 158 Å². The van der Waals surface area contributed by atoms with Crippen molar-refractivity contribution in [2.45, 2.75) is 23.1 Å². The van der Waals surface area contributed by atoms with Gasteiger partial charge in [0, 0.05) is 5.75 Å². The maximum absolute atomic E-state index is 12.9. The van der Waals surface area contributed by atoms with Gasteiger partial charge in [0.15, 0.2) is 10.4 Å². The first kappa shape index (κ1) is 18.3. The second kappa shape index (κ2) is 8.77.